The summed E-state index contributed by atoms with van der Waals surface area (Å²) >= 11 is 0. The third kappa shape index (κ3) is 2.91. The highest BCUT2D eigenvalue weighted by atomic mass is 16.6. The molecule has 0 heterocycles. The van der Waals surface area contributed by atoms with Crippen molar-refractivity contribution in [1.82, 2.24) is 0 Å². The predicted octanol–water partition coefficient (Wildman–Crippen LogP) is 1.90. The normalized spacial score (nSPS) is 10.4. The molecule has 5 nitrogen and oxygen atoms in total. The average Bonchev–Trinajstić information content (AvgIpc) is 2.17. The van der Waals surface area contributed by atoms with E-state index in [-0.39, 0.29) is 17.9 Å². The second-order valence-corrected chi connectivity index (χ2v) is 2.81. The van der Waals surface area contributed by atoms with Crippen LogP contribution in [0.25, 0.3) is 6.08 Å². The molecule has 1 N–H and O–H groups in total. The Bertz CT molecular complexity index is 412. The molecule has 0 saturated carbocycles. The fraction of sp³-hybridized carbons (Fsp3) is 0.100. The molecule has 0 radical (unpaired) electrons. The number of phenols is 1. The van der Waals surface area contributed by atoms with E-state index < -0.39 is 4.92 Å². The molecule has 0 amide bonds. The van der Waals surface area contributed by atoms with Gasteiger partial charge in [0.25, 0.3) is 0 Å². The van der Waals surface area contributed by atoms with Crippen molar-refractivity contribution in [2.75, 3.05) is 0 Å². The highest BCUT2D eigenvalue weighted by Crippen LogP contribution is 2.26. The molecule has 15 heavy (non-hydrogen) atoms. The lowest BCUT2D eigenvalue weighted by atomic mass is 10.1. The highest BCUT2D eigenvalue weighted by molar-refractivity contribution is 5.61. The maximum atomic E-state index is 10.4. The number of phenolic OH excluding ortho intramolecular Hbond substituents is 1. The van der Waals surface area contributed by atoms with Crippen molar-refractivity contribution in [3.63, 3.8) is 0 Å². The van der Waals surface area contributed by atoms with E-state index in [4.69, 9.17) is 0 Å². The van der Waals surface area contributed by atoms with E-state index in [1.165, 1.54) is 18.2 Å². The predicted molar refractivity (Wildman–Crippen MR) is 54.5 cm³/mol. The number of allylic oxidation sites excluding steroid dienone is 1. The Hall–Kier alpha value is -2.17. The van der Waals surface area contributed by atoms with Crippen LogP contribution in [0.5, 0.6) is 5.75 Å². The Morgan fingerprint density at radius 3 is 2.73 bits per heavy atom. The minimum Gasteiger partial charge on any atom is -0.502 e. The van der Waals surface area contributed by atoms with Gasteiger partial charge in [-0.2, -0.15) is 0 Å². The third-order valence-electron chi connectivity index (χ3n) is 1.74. The zero-order valence-corrected chi connectivity index (χ0v) is 7.79. The number of benzene rings is 1. The standard InChI is InChI=1S/C10H9NO4/c12-6-2-1-3-8-4-5-9(11(14)15)10(13)7-8/h1,3-7,13H,2H2. The van der Waals surface area contributed by atoms with E-state index in [9.17, 15) is 20.0 Å². The van der Waals surface area contributed by atoms with Crippen LogP contribution in [-0.2, 0) is 4.79 Å². The number of hydrogen-bond donors (Lipinski definition) is 1. The molecule has 0 bridgehead atoms. The summed E-state index contributed by atoms with van der Waals surface area (Å²) in [6.45, 7) is 0. The number of nitro groups is 1. The molecule has 0 saturated heterocycles. The number of aldehydes is 1. The maximum absolute atomic E-state index is 10.4. The second-order valence-electron chi connectivity index (χ2n) is 2.81. The summed E-state index contributed by atoms with van der Waals surface area (Å²) in [5.74, 6) is -0.381. The van der Waals surface area contributed by atoms with Gasteiger partial charge in [0, 0.05) is 12.5 Å². The molecule has 0 unspecified atom stereocenters. The van der Waals surface area contributed by atoms with E-state index in [2.05, 4.69) is 0 Å². The van der Waals surface area contributed by atoms with Crippen molar-refractivity contribution >= 4 is 18.0 Å². The highest BCUT2D eigenvalue weighted by Gasteiger charge is 2.11. The molecular formula is C10H9NO4. The fourth-order valence-electron chi connectivity index (χ4n) is 1.06. The summed E-state index contributed by atoms with van der Waals surface area (Å²) in [5, 5.41) is 19.6. The van der Waals surface area contributed by atoms with Crippen LogP contribution in [0.2, 0.25) is 0 Å². The lowest BCUT2D eigenvalue weighted by Gasteiger charge is -1.97. The van der Waals surface area contributed by atoms with Gasteiger partial charge in [0.1, 0.15) is 6.29 Å². The summed E-state index contributed by atoms with van der Waals surface area (Å²) in [6, 6.07) is 3.99. The third-order valence-corrected chi connectivity index (χ3v) is 1.74. The largest absolute Gasteiger partial charge is 0.502 e. The maximum Gasteiger partial charge on any atom is 0.310 e. The molecule has 0 aliphatic carbocycles. The number of hydrogen-bond acceptors (Lipinski definition) is 4. The number of carbonyl (C=O) groups excluding carboxylic acids is 1. The molecule has 1 aromatic rings. The van der Waals surface area contributed by atoms with Gasteiger partial charge in [-0.25, -0.2) is 0 Å². The van der Waals surface area contributed by atoms with Crippen LogP contribution in [0.1, 0.15) is 12.0 Å². The molecule has 0 aromatic heterocycles. The first kappa shape index (κ1) is 10.9. The van der Waals surface area contributed by atoms with Crippen LogP contribution in [-0.4, -0.2) is 16.3 Å². The van der Waals surface area contributed by atoms with E-state index in [0.29, 0.717) is 5.56 Å². The van der Waals surface area contributed by atoms with Gasteiger partial charge in [-0.1, -0.05) is 12.2 Å². The lowest BCUT2D eigenvalue weighted by molar-refractivity contribution is -0.385. The SMILES string of the molecule is O=CCC=Cc1ccc([N+](=O)[O-])c(O)c1. The molecule has 1 aromatic carbocycles. The molecule has 0 atom stereocenters. The number of aromatic hydroxyl groups is 1. The van der Waals surface area contributed by atoms with Gasteiger partial charge in [0.15, 0.2) is 5.75 Å². The molecule has 0 fully saturated rings. The van der Waals surface area contributed by atoms with Crippen molar-refractivity contribution in [3.8, 4) is 5.75 Å². The fourth-order valence-corrected chi connectivity index (χ4v) is 1.06. The number of nitro benzene ring substituents is 1. The summed E-state index contributed by atoms with van der Waals surface area (Å²) in [5.41, 5.74) is 0.280. The first-order valence-corrected chi connectivity index (χ1v) is 4.22. The molecule has 0 spiro atoms. The van der Waals surface area contributed by atoms with Crippen molar-refractivity contribution < 1.29 is 14.8 Å². The second kappa shape index (κ2) is 4.90. The van der Waals surface area contributed by atoms with Crippen LogP contribution >= 0.6 is 0 Å². The number of nitrogens with zero attached hydrogens (tertiary/aromatic N) is 1. The van der Waals surface area contributed by atoms with Crippen molar-refractivity contribution in [2.24, 2.45) is 0 Å². The van der Waals surface area contributed by atoms with Gasteiger partial charge in [0.2, 0.25) is 0 Å². The molecule has 1 rings (SSSR count). The number of rotatable bonds is 4. The van der Waals surface area contributed by atoms with Gasteiger partial charge < -0.3 is 9.90 Å². The first-order valence-electron chi connectivity index (χ1n) is 4.22. The quantitative estimate of drug-likeness (QED) is 0.464. The van der Waals surface area contributed by atoms with E-state index >= 15 is 0 Å². The molecule has 0 aliphatic rings. The van der Waals surface area contributed by atoms with Crippen LogP contribution in [0, 0.1) is 10.1 Å². The van der Waals surface area contributed by atoms with E-state index in [1.807, 2.05) is 0 Å². The summed E-state index contributed by atoms with van der Waals surface area (Å²) in [6.07, 6.45) is 4.23. The van der Waals surface area contributed by atoms with Gasteiger partial charge in [-0.05, 0) is 17.7 Å². The average molecular weight is 207 g/mol. The van der Waals surface area contributed by atoms with Gasteiger partial charge in [0.05, 0.1) is 4.92 Å². The van der Waals surface area contributed by atoms with Crippen molar-refractivity contribution in [1.29, 1.82) is 0 Å². The Balaban J connectivity index is 2.91. The minimum atomic E-state index is -0.658. The van der Waals surface area contributed by atoms with E-state index in [1.54, 1.807) is 12.2 Å². The minimum absolute atomic E-state index is 0.276. The smallest absolute Gasteiger partial charge is 0.310 e. The summed E-state index contributed by atoms with van der Waals surface area (Å²) < 4.78 is 0. The zero-order chi connectivity index (χ0) is 11.3. The van der Waals surface area contributed by atoms with Crippen LogP contribution in [0.3, 0.4) is 0 Å². The van der Waals surface area contributed by atoms with Crippen molar-refractivity contribution in [3.05, 3.63) is 40.0 Å². The number of carbonyl (C=O) groups is 1. The Labute approximate surface area is 85.8 Å². The molecule has 78 valence electrons. The van der Waals surface area contributed by atoms with Gasteiger partial charge in [-0.3, -0.25) is 10.1 Å². The Morgan fingerprint density at radius 2 is 2.20 bits per heavy atom. The Kier molecular flexibility index (Phi) is 3.56. The lowest BCUT2D eigenvalue weighted by Crippen LogP contribution is -1.88. The van der Waals surface area contributed by atoms with Gasteiger partial charge in [-0.15, -0.1) is 0 Å². The molecule has 5 heteroatoms. The molecule has 0 aliphatic heterocycles. The van der Waals surface area contributed by atoms with Crippen molar-refractivity contribution in [2.45, 2.75) is 6.42 Å². The summed E-state index contributed by atoms with van der Waals surface area (Å²) in [7, 11) is 0. The Morgan fingerprint density at radius 1 is 1.47 bits per heavy atom. The zero-order valence-electron chi connectivity index (χ0n) is 7.79. The van der Waals surface area contributed by atoms with E-state index in [0.717, 1.165) is 6.29 Å². The van der Waals surface area contributed by atoms with Crippen LogP contribution in [0.4, 0.5) is 5.69 Å². The van der Waals surface area contributed by atoms with Crippen LogP contribution < -0.4 is 0 Å². The van der Waals surface area contributed by atoms with Gasteiger partial charge >= 0.3 is 5.69 Å². The summed E-state index contributed by atoms with van der Waals surface area (Å²) in [4.78, 5) is 19.7. The monoisotopic (exact) mass is 207 g/mol. The molecular weight excluding hydrogens is 198 g/mol. The topological polar surface area (TPSA) is 80.4 Å². The van der Waals surface area contributed by atoms with Crippen LogP contribution in [0.15, 0.2) is 24.3 Å². The first-order chi connectivity index (χ1) is 7.15.